The largest absolute Gasteiger partial charge is 0.324 e. The van der Waals surface area contributed by atoms with E-state index in [0.717, 1.165) is 22.4 Å². The molecule has 0 saturated carbocycles. The minimum atomic E-state index is -0.195. The third kappa shape index (κ3) is 3.72. The number of hydrogen-bond acceptors (Lipinski definition) is 3. The predicted molar refractivity (Wildman–Crippen MR) is 112 cm³/mol. The molecular formula is C21H16Cl2N4O. The molecule has 2 aromatic heterocycles. The second-order valence-electron chi connectivity index (χ2n) is 6.37. The standard InChI is InChI=1S/C21H16Cl2N4O/c1-13-25-19-5-2-14(21(28)26-17-6-8-24-9-7-17)11-20(19)27(13)12-15-10-16(22)3-4-18(15)23/h2-11H,12H2,1H3,(H,24,26,28). The Bertz CT molecular complexity index is 1170. The maximum absolute atomic E-state index is 12.6. The number of halogens is 2. The van der Waals surface area contributed by atoms with Crippen LogP contribution < -0.4 is 5.32 Å². The highest BCUT2D eigenvalue weighted by molar-refractivity contribution is 6.33. The zero-order chi connectivity index (χ0) is 19.7. The Kier molecular flexibility index (Phi) is 5.03. The molecule has 140 valence electrons. The van der Waals surface area contributed by atoms with E-state index in [1.807, 2.05) is 29.7 Å². The average molecular weight is 411 g/mol. The fourth-order valence-corrected chi connectivity index (χ4v) is 3.43. The van der Waals surface area contributed by atoms with Crippen molar-refractivity contribution >= 4 is 45.8 Å². The zero-order valence-electron chi connectivity index (χ0n) is 15.0. The summed E-state index contributed by atoms with van der Waals surface area (Å²) in [6.07, 6.45) is 3.26. The van der Waals surface area contributed by atoms with Crippen molar-refractivity contribution in [2.75, 3.05) is 5.32 Å². The van der Waals surface area contributed by atoms with Crippen LogP contribution in [0, 0.1) is 6.92 Å². The van der Waals surface area contributed by atoms with Gasteiger partial charge < -0.3 is 9.88 Å². The Hall–Kier alpha value is -2.89. The van der Waals surface area contributed by atoms with Crippen molar-refractivity contribution in [2.45, 2.75) is 13.5 Å². The fraction of sp³-hybridized carbons (Fsp3) is 0.0952. The fourth-order valence-electron chi connectivity index (χ4n) is 3.06. The van der Waals surface area contributed by atoms with Crippen molar-refractivity contribution in [3.8, 4) is 0 Å². The lowest BCUT2D eigenvalue weighted by Crippen LogP contribution is -2.12. The van der Waals surface area contributed by atoms with E-state index >= 15 is 0 Å². The molecule has 1 amide bonds. The van der Waals surface area contributed by atoms with Gasteiger partial charge >= 0.3 is 0 Å². The van der Waals surface area contributed by atoms with Crippen molar-refractivity contribution in [1.82, 2.24) is 14.5 Å². The predicted octanol–water partition coefficient (Wildman–Crippen LogP) is 5.35. The summed E-state index contributed by atoms with van der Waals surface area (Å²) in [7, 11) is 0. The first kappa shape index (κ1) is 18.5. The van der Waals surface area contributed by atoms with E-state index in [2.05, 4.69) is 15.3 Å². The summed E-state index contributed by atoms with van der Waals surface area (Å²) in [6.45, 7) is 2.44. The maximum atomic E-state index is 12.6. The van der Waals surface area contributed by atoms with Gasteiger partial charge in [-0.15, -0.1) is 0 Å². The summed E-state index contributed by atoms with van der Waals surface area (Å²) in [5.41, 5.74) is 3.80. The molecule has 5 nitrogen and oxygen atoms in total. The van der Waals surface area contributed by atoms with Gasteiger partial charge in [-0.1, -0.05) is 23.2 Å². The third-order valence-electron chi connectivity index (χ3n) is 4.48. The van der Waals surface area contributed by atoms with Gasteiger partial charge in [-0.2, -0.15) is 0 Å². The summed E-state index contributed by atoms with van der Waals surface area (Å²) in [4.78, 5) is 21.2. The number of imidazole rings is 1. The van der Waals surface area contributed by atoms with Crippen LogP contribution in [-0.2, 0) is 6.54 Å². The Labute approximate surface area is 171 Å². The molecule has 0 fully saturated rings. The lowest BCUT2D eigenvalue weighted by molar-refractivity contribution is 0.102. The van der Waals surface area contributed by atoms with Crippen molar-refractivity contribution in [1.29, 1.82) is 0 Å². The number of anilines is 1. The van der Waals surface area contributed by atoms with Gasteiger partial charge in [-0.3, -0.25) is 9.78 Å². The molecule has 0 unspecified atom stereocenters. The normalized spacial score (nSPS) is 11.0. The van der Waals surface area contributed by atoms with Gasteiger partial charge in [0.1, 0.15) is 5.82 Å². The number of carbonyl (C=O) groups excluding carboxylic acids is 1. The first-order valence-electron chi connectivity index (χ1n) is 8.63. The second-order valence-corrected chi connectivity index (χ2v) is 7.22. The summed E-state index contributed by atoms with van der Waals surface area (Å²) >= 11 is 12.4. The molecule has 7 heteroatoms. The number of nitrogens with zero attached hydrogens (tertiary/aromatic N) is 3. The lowest BCUT2D eigenvalue weighted by Gasteiger charge is -2.10. The molecule has 4 aromatic rings. The number of aryl methyl sites for hydroxylation is 1. The van der Waals surface area contributed by atoms with Crippen LogP contribution in [0.1, 0.15) is 21.7 Å². The molecule has 1 N–H and O–H groups in total. The Morgan fingerprint density at radius 1 is 1.07 bits per heavy atom. The number of benzene rings is 2. The van der Waals surface area contributed by atoms with E-state index in [1.165, 1.54) is 0 Å². The number of nitrogens with one attached hydrogen (secondary N) is 1. The molecule has 0 bridgehead atoms. The summed E-state index contributed by atoms with van der Waals surface area (Å²) in [5.74, 6) is 0.636. The molecule has 4 rings (SSSR count). The lowest BCUT2D eigenvalue weighted by atomic mass is 10.1. The monoisotopic (exact) mass is 410 g/mol. The molecule has 28 heavy (non-hydrogen) atoms. The van der Waals surface area contributed by atoms with Crippen LogP contribution in [0.3, 0.4) is 0 Å². The molecule has 2 heterocycles. The highest BCUT2D eigenvalue weighted by Gasteiger charge is 2.13. The van der Waals surface area contributed by atoms with Crippen molar-refractivity contribution < 1.29 is 4.79 Å². The van der Waals surface area contributed by atoms with Crippen LogP contribution in [0.2, 0.25) is 10.0 Å². The minimum Gasteiger partial charge on any atom is -0.324 e. The van der Waals surface area contributed by atoms with E-state index in [9.17, 15) is 4.79 Å². The van der Waals surface area contributed by atoms with Crippen LogP contribution >= 0.6 is 23.2 Å². The van der Waals surface area contributed by atoms with Crippen molar-refractivity contribution in [2.24, 2.45) is 0 Å². The van der Waals surface area contributed by atoms with Gasteiger partial charge in [-0.05, 0) is 61.0 Å². The first-order chi connectivity index (χ1) is 13.5. The molecule has 2 aromatic carbocycles. The average Bonchev–Trinajstić information content (AvgIpc) is 3.00. The van der Waals surface area contributed by atoms with Gasteiger partial charge in [-0.25, -0.2) is 4.98 Å². The molecule has 0 aliphatic heterocycles. The number of carbonyl (C=O) groups is 1. The van der Waals surface area contributed by atoms with Crippen LogP contribution in [0.4, 0.5) is 5.69 Å². The van der Waals surface area contributed by atoms with Crippen molar-refractivity contribution in [3.63, 3.8) is 0 Å². The molecule has 0 spiro atoms. The van der Waals surface area contributed by atoms with E-state index in [4.69, 9.17) is 23.2 Å². The topological polar surface area (TPSA) is 59.8 Å². The summed E-state index contributed by atoms with van der Waals surface area (Å²) in [5, 5.41) is 4.13. The minimum absolute atomic E-state index is 0.195. The molecule has 0 atom stereocenters. The smallest absolute Gasteiger partial charge is 0.255 e. The molecule has 0 aliphatic carbocycles. The summed E-state index contributed by atoms with van der Waals surface area (Å²) < 4.78 is 2.02. The number of amides is 1. The zero-order valence-corrected chi connectivity index (χ0v) is 16.5. The molecular weight excluding hydrogens is 395 g/mol. The summed E-state index contributed by atoms with van der Waals surface area (Å²) in [6, 6.07) is 14.3. The van der Waals surface area contributed by atoms with Crippen LogP contribution in [-0.4, -0.2) is 20.4 Å². The van der Waals surface area contributed by atoms with E-state index in [-0.39, 0.29) is 5.91 Å². The van der Waals surface area contributed by atoms with Gasteiger partial charge in [0.2, 0.25) is 0 Å². The molecule has 0 radical (unpaired) electrons. The number of fused-ring (bicyclic) bond motifs is 1. The number of rotatable bonds is 4. The molecule has 0 saturated heterocycles. The van der Waals surface area contributed by atoms with Gasteiger partial charge in [0.05, 0.1) is 17.6 Å². The SMILES string of the molecule is Cc1nc2ccc(C(=O)Nc3ccncc3)cc2n1Cc1cc(Cl)ccc1Cl. The second kappa shape index (κ2) is 7.62. The maximum Gasteiger partial charge on any atom is 0.255 e. The highest BCUT2D eigenvalue weighted by atomic mass is 35.5. The van der Waals surface area contributed by atoms with E-state index in [1.54, 1.807) is 42.7 Å². The van der Waals surface area contributed by atoms with Crippen LogP contribution in [0.15, 0.2) is 60.9 Å². The van der Waals surface area contributed by atoms with E-state index < -0.39 is 0 Å². The highest BCUT2D eigenvalue weighted by Crippen LogP contribution is 2.25. The number of pyridine rings is 1. The van der Waals surface area contributed by atoms with Gasteiger partial charge in [0.15, 0.2) is 0 Å². The Morgan fingerprint density at radius 3 is 2.64 bits per heavy atom. The Morgan fingerprint density at radius 2 is 1.86 bits per heavy atom. The quantitative estimate of drug-likeness (QED) is 0.493. The number of hydrogen-bond donors (Lipinski definition) is 1. The first-order valence-corrected chi connectivity index (χ1v) is 9.39. The Balaban J connectivity index is 1.70. The van der Waals surface area contributed by atoms with Gasteiger partial charge in [0, 0.05) is 33.7 Å². The third-order valence-corrected chi connectivity index (χ3v) is 5.08. The van der Waals surface area contributed by atoms with Crippen LogP contribution in [0.5, 0.6) is 0 Å². The molecule has 0 aliphatic rings. The van der Waals surface area contributed by atoms with Crippen molar-refractivity contribution in [3.05, 3.63) is 87.9 Å². The van der Waals surface area contributed by atoms with Crippen LogP contribution in [0.25, 0.3) is 11.0 Å². The number of aromatic nitrogens is 3. The van der Waals surface area contributed by atoms with Gasteiger partial charge in [0.25, 0.3) is 5.91 Å². The van der Waals surface area contributed by atoms with E-state index in [0.29, 0.717) is 27.8 Å².